The summed E-state index contributed by atoms with van der Waals surface area (Å²) in [6.07, 6.45) is 5.13. The second-order valence-electron chi connectivity index (χ2n) is 5.92. The van der Waals surface area contributed by atoms with Crippen LogP contribution in [0.4, 0.5) is 5.69 Å². The lowest BCUT2D eigenvalue weighted by molar-refractivity contribution is -0.107. The fourth-order valence-corrected chi connectivity index (χ4v) is 3.02. The van der Waals surface area contributed by atoms with E-state index in [9.17, 15) is 4.79 Å². The maximum Gasteiger partial charge on any atom is 0.214 e. The van der Waals surface area contributed by atoms with Gasteiger partial charge < -0.3 is 15.4 Å². The lowest BCUT2D eigenvalue weighted by Crippen LogP contribution is -2.29. The number of methoxy groups -OCH3 is 1. The predicted octanol–water partition coefficient (Wildman–Crippen LogP) is 3.14. The molecule has 1 unspecified atom stereocenters. The van der Waals surface area contributed by atoms with Crippen molar-refractivity contribution in [3.8, 4) is 16.9 Å². The fourth-order valence-electron chi connectivity index (χ4n) is 3.02. The van der Waals surface area contributed by atoms with E-state index in [2.05, 4.69) is 10.2 Å². The van der Waals surface area contributed by atoms with Crippen molar-refractivity contribution in [3.63, 3.8) is 0 Å². The van der Waals surface area contributed by atoms with Gasteiger partial charge in [-0.25, -0.2) is 0 Å². The van der Waals surface area contributed by atoms with E-state index in [-0.39, 0.29) is 6.04 Å². The average Bonchev–Trinajstić information content (AvgIpc) is 3.23. The Labute approximate surface area is 152 Å². The molecule has 0 aliphatic rings. The molecule has 0 spiro atoms. The van der Waals surface area contributed by atoms with E-state index in [4.69, 9.17) is 10.5 Å². The molecule has 2 aromatic carbocycles. The largest absolute Gasteiger partial charge is 0.497 e. The van der Waals surface area contributed by atoms with Gasteiger partial charge in [-0.05, 0) is 36.2 Å². The van der Waals surface area contributed by atoms with Crippen LogP contribution in [-0.2, 0) is 4.79 Å². The van der Waals surface area contributed by atoms with Gasteiger partial charge in [-0.2, -0.15) is 5.10 Å². The first-order valence-electron chi connectivity index (χ1n) is 8.43. The van der Waals surface area contributed by atoms with Crippen molar-refractivity contribution in [1.82, 2.24) is 10.2 Å². The monoisotopic (exact) mass is 350 g/mol. The Balaban J connectivity index is 1.92. The van der Waals surface area contributed by atoms with Crippen LogP contribution in [0.2, 0.25) is 0 Å². The van der Waals surface area contributed by atoms with E-state index in [0.29, 0.717) is 18.7 Å². The smallest absolute Gasteiger partial charge is 0.214 e. The number of ether oxygens (including phenoxy) is 1. The Morgan fingerprint density at radius 1 is 1.23 bits per heavy atom. The number of rotatable bonds is 8. The van der Waals surface area contributed by atoms with E-state index in [0.717, 1.165) is 28.8 Å². The number of amides is 1. The van der Waals surface area contributed by atoms with Crippen LogP contribution in [0.1, 0.15) is 18.0 Å². The van der Waals surface area contributed by atoms with E-state index >= 15 is 0 Å². The molecule has 6 heteroatoms. The zero-order valence-electron chi connectivity index (χ0n) is 14.6. The van der Waals surface area contributed by atoms with Gasteiger partial charge in [-0.15, -0.1) is 0 Å². The molecule has 0 fully saturated rings. The molecule has 6 nitrogen and oxygen atoms in total. The quantitative estimate of drug-likeness (QED) is 0.611. The topological polar surface area (TPSA) is 84.2 Å². The van der Waals surface area contributed by atoms with Crippen molar-refractivity contribution >= 4 is 12.1 Å². The standard InChI is InChI=1S/C20H22N4O2/c1-26-19-4-2-3-18(11-19)24(14-25)20(9-10-21)16-7-5-15(6-8-16)17-12-22-23-13-17/h2-8,11-14,20H,9-10,21H2,1H3,(H,22,23). The minimum atomic E-state index is -0.150. The zero-order valence-corrected chi connectivity index (χ0v) is 14.6. The number of nitrogens with zero attached hydrogens (tertiary/aromatic N) is 2. The molecule has 26 heavy (non-hydrogen) atoms. The molecule has 0 aliphatic heterocycles. The SMILES string of the molecule is COc1cccc(N(C=O)C(CCN)c2ccc(-c3cn[nH]c3)cc2)c1. The van der Waals surface area contributed by atoms with Crippen LogP contribution in [0.15, 0.2) is 60.9 Å². The lowest BCUT2D eigenvalue weighted by Gasteiger charge is -2.29. The van der Waals surface area contributed by atoms with Crippen molar-refractivity contribution in [1.29, 1.82) is 0 Å². The Hall–Kier alpha value is -3.12. The molecule has 0 bridgehead atoms. The van der Waals surface area contributed by atoms with E-state index in [1.807, 2.05) is 54.7 Å². The summed E-state index contributed by atoms with van der Waals surface area (Å²) in [4.78, 5) is 13.6. The normalized spacial score (nSPS) is 11.8. The highest BCUT2D eigenvalue weighted by Crippen LogP contribution is 2.31. The summed E-state index contributed by atoms with van der Waals surface area (Å²) in [6.45, 7) is 0.475. The van der Waals surface area contributed by atoms with Crippen LogP contribution in [-0.4, -0.2) is 30.3 Å². The molecule has 3 aromatic rings. The van der Waals surface area contributed by atoms with Gasteiger partial charge in [0, 0.05) is 23.5 Å². The Morgan fingerprint density at radius 2 is 2.04 bits per heavy atom. The molecule has 1 heterocycles. The van der Waals surface area contributed by atoms with Gasteiger partial charge in [-0.3, -0.25) is 9.89 Å². The van der Waals surface area contributed by atoms with Crippen molar-refractivity contribution in [2.45, 2.75) is 12.5 Å². The third kappa shape index (κ3) is 3.75. The highest BCUT2D eigenvalue weighted by molar-refractivity contribution is 5.77. The maximum absolute atomic E-state index is 11.9. The molecule has 3 rings (SSSR count). The summed E-state index contributed by atoms with van der Waals surface area (Å²) in [5.74, 6) is 0.705. The number of nitrogens with two attached hydrogens (primary N) is 1. The van der Waals surface area contributed by atoms with Gasteiger partial charge in [0.05, 0.1) is 19.3 Å². The minimum Gasteiger partial charge on any atom is -0.497 e. The number of anilines is 1. The molecule has 1 aromatic heterocycles. The first kappa shape index (κ1) is 17.7. The summed E-state index contributed by atoms with van der Waals surface area (Å²) < 4.78 is 5.28. The summed E-state index contributed by atoms with van der Waals surface area (Å²) in [5.41, 5.74) is 9.70. The van der Waals surface area contributed by atoms with Crippen LogP contribution in [0, 0.1) is 0 Å². The summed E-state index contributed by atoms with van der Waals surface area (Å²) in [7, 11) is 1.61. The van der Waals surface area contributed by atoms with Gasteiger partial charge in [0.15, 0.2) is 0 Å². The van der Waals surface area contributed by atoms with Crippen molar-refractivity contribution in [3.05, 3.63) is 66.5 Å². The molecule has 0 aliphatic carbocycles. The molecule has 3 N–H and O–H groups in total. The number of benzene rings is 2. The number of nitrogens with one attached hydrogen (secondary N) is 1. The van der Waals surface area contributed by atoms with Gasteiger partial charge >= 0.3 is 0 Å². The molecular formula is C20H22N4O2. The summed E-state index contributed by atoms with van der Waals surface area (Å²) in [5, 5.41) is 6.79. The van der Waals surface area contributed by atoms with Crippen LogP contribution >= 0.6 is 0 Å². The van der Waals surface area contributed by atoms with Crippen molar-refractivity contribution in [2.75, 3.05) is 18.6 Å². The number of hydrogen-bond donors (Lipinski definition) is 2. The Bertz CT molecular complexity index is 831. The second-order valence-corrected chi connectivity index (χ2v) is 5.92. The average molecular weight is 350 g/mol. The van der Waals surface area contributed by atoms with E-state index in [1.54, 1.807) is 18.2 Å². The summed E-state index contributed by atoms with van der Waals surface area (Å²) >= 11 is 0. The number of carbonyl (C=O) groups is 1. The third-order valence-corrected chi connectivity index (χ3v) is 4.37. The molecule has 1 amide bonds. The van der Waals surface area contributed by atoms with Crippen LogP contribution in [0.25, 0.3) is 11.1 Å². The highest BCUT2D eigenvalue weighted by Gasteiger charge is 2.20. The molecule has 0 radical (unpaired) electrons. The van der Waals surface area contributed by atoms with Gasteiger partial charge in [-0.1, -0.05) is 30.3 Å². The van der Waals surface area contributed by atoms with Crippen LogP contribution in [0.5, 0.6) is 5.75 Å². The van der Waals surface area contributed by atoms with Gasteiger partial charge in [0.25, 0.3) is 0 Å². The van der Waals surface area contributed by atoms with Gasteiger partial charge in [0.1, 0.15) is 5.75 Å². The van der Waals surface area contributed by atoms with Crippen LogP contribution < -0.4 is 15.4 Å². The van der Waals surface area contributed by atoms with Crippen molar-refractivity contribution < 1.29 is 9.53 Å². The number of aromatic nitrogens is 2. The third-order valence-electron chi connectivity index (χ3n) is 4.37. The number of hydrogen-bond acceptors (Lipinski definition) is 4. The number of carbonyl (C=O) groups excluding carboxylic acids is 1. The van der Waals surface area contributed by atoms with Crippen LogP contribution in [0.3, 0.4) is 0 Å². The second kappa shape index (κ2) is 8.31. The van der Waals surface area contributed by atoms with Gasteiger partial charge in [0.2, 0.25) is 6.41 Å². The van der Waals surface area contributed by atoms with Crippen molar-refractivity contribution in [2.24, 2.45) is 5.73 Å². The van der Waals surface area contributed by atoms with E-state index < -0.39 is 0 Å². The first-order valence-corrected chi connectivity index (χ1v) is 8.43. The molecule has 0 saturated heterocycles. The Kier molecular flexibility index (Phi) is 5.66. The maximum atomic E-state index is 11.9. The fraction of sp³-hybridized carbons (Fsp3) is 0.200. The molecule has 0 saturated carbocycles. The molecule has 1 atom stereocenters. The van der Waals surface area contributed by atoms with E-state index in [1.165, 1.54) is 0 Å². The lowest BCUT2D eigenvalue weighted by atomic mass is 9.99. The highest BCUT2D eigenvalue weighted by atomic mass is 16.5. The zero-order chi connectivity index (χ0) is 18.4. The number of aromatic amines is 1. The number of H-pyrrole nitrogens is 1. The first-order chi connectivity index (χ1) is 12.8. The predicted molar refractivity (Wildman–Crippen MR) is 102 cm³/mol. The Morgan fingerprint density at radius 3 is 2.65 bits per heavy atom. The minimum absolute atomic E-state index is 0.150. The molecular weight excluding hydrogens is 328 g/mol. The summed E-state index contributed by atoms with van der Waals surface area (Å²) in [6, 6.07) is 15.4. The molecule has 134 valence electrons.